The maximum Gasteiger partial charge on any atom is 0.237 e. The van der Waals surface area contributed by atoms with Crippen molar-refractivity contribution in [3.05, 3.63) is 64.7 Å². The molecule has 1 unspecified atom stereocenters. The van der Waals surface area contributed by atoms with Crippen molar-refractivity contribution < 1.29 is 14.0 Å². The van der Waals surface area contributed by atoms with Gasteiger partial charge in [-0.1, -0.05) is 23.7 Å². The Morgan fingerprint density at radius 3 is 2.96 bits per heavy atom. The van der Waals surface area contributed by atoms with Crippen molar-refractivity contribution in [2.45, 2.75) is 25.6 Å². The Morgan fingerprint density at radius 2 is 2.22 bits per heavy atom. The average Bonchev–Trinajstić information content (AvgIpc) is 2.66. The van der Waals surface area contributed by atoms with Crippen LogP contribution in [-0.2, 0) is 22.7 Å². The van der Waals surface area contributed by atoms with Crippen molar-refractivity contribution in [2.24, 2.45) is 0 Å². The van der Waals surface area contributed by atoms with Crippen LogP contribution < -0.4 is 10.6 Å². The molecule has 8 heteroatoms. The zero-order valence-electron chi connectivity index (χ0n) is 14.6. The second-order valence-electron chi connectivity index (χ2n) is 6.32. The van der Waals surface area contributed by atoms with Crippen LogP contribution in [0.25, 0.3) is 0 Å². The number of benzene rings is 1. The summed E-state index contributed by atoms with van der Waals surface area (Å²) >= 11 is 6.10. The molecule has 1 atom stereocenters. The van der Waals surface area contributed by atoms with E-state index in [4.69, 9.17) is 11.6 Å². The van der Waals surface area contributed by atoms with E-state index in [1.165, 1.54) is 12.1 Å². The van der Waals surface area contributed by atoms with Gasteiger partial charge in [-0.2, -0.15) is 0 Å². The van der Waals surface area contributed by atoms with Gasteiger partial charge in [-0.05, 0) is 23.8 Å². The van der Waals surface area contributed by atoms with Crippen LogP contribution in [-0.4, -0.2) is 40.8 Å². The zero-order valence-corrected chi connectivity index (χ0v) is 15.4. The SMILES string of the molecule is O=C(CC1C(=O)NCCN1Cc1c(F)cccc1Cl)NCc1cccnc1. The van der Waals surface area contributed by atoms with E-state index in [9.17, 15) is 14.0 Å². The lowest BCUT2D eigenvalue weighted by atomic mass is 10.1. The van der Waals surface area contributed by atoms with Gasteiger partial charge in [-0.25, -0.2) is 4.39 Å². The van der Waals surface area contributed by atoms with Gasteiger partial charge in [0.1, 0.15) is 5.82 Å². The van der Waals surface area contributed by atoms with Gasteiger partial charge in [0.15, 0.2) is 0 Å². The van der Waals surface area contributed by atoms with Crippen LogP contribution in [0.4, 0.5) is 4.39 Å². The summed E-state index contributed by atoms with van der Waals surface area (Å²) in [4.78, 5) is 30.4. The third-order valence-corrected chi connectivity index (χ3v) is 4.81. The van der Waals surface area contributed by atoms with Gasteiger partial charge in [0.25, 0.3) is 0 Å². The molecular weight excluding hydrogens is 371 g/mol. The molecule has 1 aliphatic heterocycles. The Bertz CT molecular complexity index is 798. The lowest BCUT2D eigenvalue weighted by molar-refractivity contribution is -0.134. The summed E-state index contributed by atoms with van der Waals surface area (Å²) in [5, 5.41) is 5.85. The lowest BCUT2D eigenvalue weighted by Gasteiger charge is -2.35. The number of piperazine rings is 1. The van der Waals surface area contributed by atoms with Crippen LogP contribution in [0.2, 0.25) is 5.02 Å². The summed E-state index contributed by atoms with van der Waals surface area (Å²) in [6.07, 6.45) is 3.31. The van der Waals surface area contributed by atoms with E-state index in [-0.39, 0.29) is 24.8 Å². The molecule has 0 aliphatic carbocycles. The summed E-state index contributed by atoms with van der Waals surface area (Å²) < 4.78 is 14.1. The fourth-order valence-electron chi connectivity index (χ4n) is 3.01. The molecule has 2 amide bonds. The number of halogens is 2. The van der Waals surface area contributed by atoms with E-state index in [1.807, 2.05) is 6.07 Å². The molecule has 142 valence electrons. The van der Waals surface area contributed by atoms with Gasteiger partial charge in [0, 0.05) is 49.2 Å². The van der Waals surface area contributed by atoms with Crippen molar-refractivity contribution in [3.8, 4) is 0 Å². The quantitative estimate of drug-likeness (QED) is 0.789. The molecule has 1 aromatic carbocycles. The van der Waals surface area contributed by atoms with Crippen LogP contribution in [0, 0.1) is 5.82 Å². The van der Waals surface area contributed by atoms with E-state index < -0.39 is 11.9 Å². The number of rotatable bonds is 6. The molecule has 0 bridgehead atoms. The second-order valence-corrected chi connectivity index (χ2v) is 6.73. The van der Waals surface area contributed by atoms with E-state index >= 15 is 0 Å². The van der Waals surface area contributed by atoms with E-state index in [0.717, 1.165) is 5.56 Å². The summed E-state index contributed by atoms with van der Waals surface area (Å²) in [6, 6.07) is 7.44. The summed E-state index contributed by atoms with van der Waals surface area (Å²) in [5.74, 6) is -0.927. The van der Waals surface area contributed by atoms with Crippen LogP contribution in [0.15, 0.2) is 42.7 Å². The normalized spacial score (nSPS) is 17.4. The van der Waals surface area contributed by atoms with Crippen molar-refractivity contribution >= 4 is 23.4 Å². The molecule has 0 radical (unpaired) electrons. The summed E-state index contributed by atoms with van der Waals surface area (Å²) in [5.41, 5.74) is 1.20. The Kier molecular flexibility index (Phi) is 6.36. The Hall–Kier alpha value is -2.51. The molecule has 1 aromatic heterocycles. The van der Waals surface area contributed by atoms with Crippen molar-refractivity contribution in [1.82, 2.24) is 20.5 Å². The van der Waals surface area contributed by atoms with Crippen LogP contribution in [0.1, 0.15) is 17.5 Å². The minimum Gasteiger partial charge on any atom is -0.353 e. The first kappa shape index (κ1) is 19.3. The smallest absolute Gasteiger partial charge is 0.237 e. The highest BCUT2D eigenvalue weighted by Gasteiger charge is 2.32. The monoisotopic (exact) mass is 390 g/mol. The molecule has 1 saturated heterocycles. The fourth-order valence-corrected chi connectivity index (χ4v) is 3.23. The molecule has 0 saturated carbocycles. The minimum atomic E-state index is -0.677. The van der Waals surface area contributed by atoms with Crippen molar-refractivity contribution in [1.29, 1.82) is 0 Å². The third kappa shape index (κ3) is 5.02. The second kappa shape index (κ2) is 8.92. The molecule has 0 spiro atoms. The van der Waals surface area contributed by atoms with E-state index in [2.05, 4.69) is 15.6 Å². The molecule has 2 heterocycles. The first-order valence-corrected chi connectivity index (χ1v) is 9.02. The maximum atomic E-state index is 14.1. The number of hydrogen-bond acceptors (Lipinski definition) is 4. The van der Waals surface area contributed by atoms with E-state index in [0.29, 0.717) is 30.2 Å². The maximum absolute atomic E-state index is 14.1. The topological polar surface area (TPSA) is 74.3 Å². The standard InChI is InChI=1S/C19H20ClFN4O2/c20-15-4-1-5-16(21)14(15)12-25-8-7-23-19(27)17(25)9-18(26)24-11-13-3-2-6-22-10-13/h1-6,10,17H,7-9,11-12H2,(H,23,27)(H,24,26). The number of carbonyl (C=O) groups excluding carboxylic acids is 2. The molecule has 1 aliphatic rings. The predicted octanol–water partition coefficient (Wildman–Crippen LogP) is 1.88. The number of amides is 2. The zero-order chi connectivity index (χ0) is 19.2. The largest absolute Gasteiger partial charge is 0.353 e. The molecule has 2 aromatic rings. The number of nitrogens with one attached hydrogen (secondary N) is 2. The summed E-state index contributed by atoms with van der Waals surface area (Å²) in [6.45, 7) is 1.45. The first-order chi connectivity index (χ1) is 13.0. The number of aromatic nitrogens is 1. The van der Waals surface area contributed by atoms with Gasteiger partial charge in [0.05, 0.1) is 12.5 Å². The number of nitrogens with zero attached hydrogens (tertiary/aromatic N) is 2. The van der Waals surface area contributed by atoms with Gasteiger partial charge in [0.2, 0.25) is 11.8 Å². The molecule has 1 fully saturated rings. The Labute approximate surface area is 161 Å². The molecule has 6 nitrogen and oxygen atoms in total. The molecule has 2 N–H and O–H groups in total. The lowest BCUT2D eigenvalue weighted by Crippen LogP contribution is -2.56. The Morgan fingerprint density at radius 1 is 1.37 bits per heavy atom. The first-order valence-electron chi connectivity index (χ1n) is 8.65. The molecule has 27 heavy (non-hydrogen) atoms. The van der Waals surface area contributed by atoms with Gasteiger partial charge < -0.3 is 10.6 Å². The molecule has 3 rings (SSSR count). The van der Waals surface area contributed by atoms with Crippen LogP contribution in [0.3, 0.4) is 0 Å². The van der Waals surface area contributed by atoms with Crippen LogP contribution >= 0.6 is 11.6 Å². The predicted molar refractivity (Wildman–Crippen MR) is 99.3 cm³/mol. The minimum absolute atomic E-state index is 0.0157. The fraction of sp³-hybridized carbons (Fsp3) is 0.316. The number of hydrogen-bond donors (Lipinski definition) is 2. The number of carbonyl (C=O) groups is 2. The highest BCUT2D eigenvalue weighted by atomic mass is 35.5. The average molecular weight is 391 g/mol. The summed E-state index contributed by atoms with van der Waals surface area (Å²) in [7, 11) is 0. The third-order valence-electron chi connectivity index (χ3n) is 4.46. The highest BCUT2D eigenvalue weighted by Crippen LogP contribution is 2.23. The van der Waals surface area contributed by atoms with Gasteiger partial charge in [-0.15, -0.1) is 0 Å². The van der Waals surface area contributed by atoms with E-state index in [1.54, 1.807) is 29.4 Å². The van der Waals surface area contributed by atoms with Crippen molar-refractivity contribution in [2.75, 3.05) is 13.1 Å². The van der Waals surface area contributed by atoms with Crippen LogP contribution in [0.5, 0.6) is 0 Å². The van der Waals surface area contributed by atoms with Crippen molar-refractivity contribution in [3.63, 3.8) is 0 Å². The Balaban J connectivity index is 1.65. The number of pyridine rings is 1. The van der Waals surface area contributed by atoms with Gasteiger partial charge in [-0.3, -0.25) is 19.5 Å². The van der Waals surface area contributed by atoms with Gasteiger partial charge >= 0.3 is 0 Å². The highest BCUT2D eigenvalue weighted by molar-refractivity contribution is 6.31. The molecular formula is C19H20ClFN4O2.